The van der Waals surface area contributed by atoms with E-state index in [0.717, 1.165) is 18.9 Å². The van der Waals surface area contributed by atoms with Crippen molar-refractivity contribution in [3.8, 4) is 0 Å². The zero-order chi connectivity index (χ0) is 14.5. The summed E-state index contributed by atoms with van der Waals surface area (Å²) in [5.41, 5.74) is 1.39. The van der Waals surface area contributed by atoms with Crippen LogP contribution in [0.25, 0.3) is 0 Å². The van der Waals surface area contributed by atoms with E-state index in [1.165, 1.54) is 50.8 Å². The van der Waals surface area contributed by atoms with Crippen molar-refractivity contribution in [2.24, 2.45) is 5.92 Å². The van der Waals surface area contributed by atoms with Crippen molar-refractivity contribution in [1.29, 1.82) is 0 Å². The van der Waals surface area contributed by atoms with Gasteiger partial charge >= 0.3 is 0 Å². The summed E-state index contributed by atoms with van der Waals surface area (Å²) in [6, 6.07) is 11.4. The predicted molar refractivity (Wildman–Crippen MR) is 87.5 cm³/mol. The molecule has 1 saturated carbocycles. The smallest absolute Gasteiger partial charge is 0.0730 e. The second-order valence-electron chi connectivity index (χ2n) is 6.89. The number of hydrogen-bond donors (Lipinski definition) is 0. The Kier molecular flexibility index (Phi) is 5.32. The normalized spacial score (nSPS) is 30.6. The fourth-order valence-electron chi connectivity index (χ4n) is 3.93. The molecule has 2 nitrogen and oxygen atoms in total. The Morgan fingerprint density at radius 3 is 2.67 bits per heavy atom. The highest BCUT2D eigenvalue weighted by Crippen LogP contribution is 2.29. The molecular formula is C19H29NO. The van der Waals surface area contributed by atoms with E-state index >= 15 is 0 Å². The molecule has 1 aliphatic heterocycles. The molecule has 116 valence electrons. The van der Waals surface area contributed by atoms with Crippen LogP contribution in [0.15, 0.2) is 30.3 Å². The topological polar surface area (TPSA) is 12.5 Å². The van der Waals surface area contributed by atoms with E-state index < -0.39 is 0 Å². The van der Waals surface area contributed by atoms with Crippen molar-refractivity contribution < 1.29 is 4.74 Å². The largest absolute Gasteiger partial charge is 0.376 e. The van der Waals surface area contributed by atoms with E-state index in [2.05, 4.69) is 42.2 Å². The minimum atomic E-state index is 0.466. The molecule has 21 heavy (non-hydrogen) atoms. The molecule has 1 saturated heterocycles. The number of benzene rings is 1. The van der Waals surface area contributed by atoms with Gasteiger partial charge in [0.15, 0.2) is 0 Å². The lowest BCUT2D eigenvalue weighted by molar-refractivity contribution is -0.0298. The molecule has 1 aromatic rings. The van der Waals surface area contributed by atoms with Crippen LogP contribution in [0.5, 0.6) is 0 Å². The summed E-state index contributed by atoms with van der Waals surface area (Å²) in [6.07, 6.45) is 8.19. The highest BCUT2D eigenvalue weighted by Gasteiger charge is 2.33. The average Bonchev–Trinajstić information content (AvgIpc) is 2.95. The van der Waals surface area contributed by atoms with Gasteiger partial charge in [-0.1, -0.05) is 50.1 Å². The van der Waals surface area contributed by atoms with Crippen LogP contribution < -0.4 is 0 Å². The van der Waals surface area contributed by atoms with E-state index in [1.54, 1.807) is 0 Å². The van der Waals surface area contributed by atoms with Gasteiger partial charge in [0, 0.05) is 12.6 Å². The van der Waals surface area contributed by atoms with Crippen LogP contribution in [0.2, 0.25) is 0 Å². The van der Waals surface area contributed by atoms with Gasteiger partial charge in [-0.3, -0.25) is 4.90 Å². The molecule has 1 aliphatic carbocycles. The number of rotatable bonds is 5. The van der Waals surface area contributed by atoms with Crippen LogP contribution in [0.4, 0.5) is 0 Å². The molecule has 0 bridgehead atoms. The van der Waals surface area contributed by atoms with Crippen molar-refractivity contribution in [3.63, 3.8) is 0 Å². The molecule has 2 fully saturated rings. The predicted octanol–water partition coefficient (Wildman–Crippen LogP) is 3.90. The summed E-state index contributed by atoms with van der Waals surface area (Å²) in [4.78, 5) is 2.71. The first-order valence-electron chi connectivity index (χ1n) is 8.72. The minimum absolute atomic E-state index is 0.466. The van der Waals surface area contributed by atoms with Gasteiger partial charge in [0.2, 0.25) is 0 Å². The Morgan fingerprint density at radius 1 is 1.10 bits per heavy atom. The van der Waals surface area contributed by atoms with Crippen molar-refractivity contribution in [1.82, 2.24) is 4.90 Å². The molecule has 0 spiro atoms. The maximum absolute atomic E-state index is 6.31. The SMILES string of the molecule is CC1CCN([C@H]2CCCC[C@H]2OCCc2ccccc2)C1. The van der Waals surface area contributed by atoms with Crippen LogP contribution in [-0.2, 0) is 11.2 Å². The lowest BCUT2D eigenvalue weighted by atomic mass is 9.91. The zero-order valence-corrected chi connectivity index (χ0v) is 13.3. The second-order valence-corrected chi connectivity index (χ2v) is 6.89. The van der Waals surface area contributed by atoms with E-state index in [4.69, 9.17) is 4.74 Å². The monoisotopic (exact) mass is 287 g/mol. The standard InChI is InChI=1S/C19H29NO/c1-16-11-13-20(15-16)18-9-5-6-10-19(18)21-14-12-17-7-3-2-4-8-17/h2-4,7-8,16,18-19H,5-6,9-15H2,1H3/t16?,18-,19+/m0/s1. The molecule has 1 heterocycles. The van der Waals surface area contributed by atoms with Crippen LogP contribution in [0, 0.1) is 5.92 Å². The third-order valence-corrected chi connectivity index (χ3v) is 5.16. The summed E-state index contributed by atoms with van der Waals surface area (Å²) < 4.78 is 6.31. The summed E-state index contributed by atoms with van der Waals surface area (Å²) in [5, 5.41) is 0. The summed E-state index contributed by atoms with van der Waals surface area (Å²) in [5.74, 6) is 0.872. The Labute approximate surface area is 129 Å². The fourth-order valence-corrected chi connectivity index (χ4v) is 3.93. The van der Waals surface area contributed by atoms with Crippen molar-refractivity contribution in [2.75, 3.05) is 19.7 Å². The van der Waals surface area contributed by atoms with Gasteiger partial charge < -0.3 is 4.74 Å². The summed E-state index contributed by atoms with van der Waals surface area (Å²) >= 11 is 0. The van der Waals surface area contributed by atoms with Crippen molar-refractivity contribution in [2.45, 2.75) is 57.6 Å². The highest BCUT2D eigenvalue weighted by atomic mass is 16.5. The first kappa shape index (κ1) is 15.1. The lowest BCUT2D eigenvalue weighted by Gasteiger charge is -2.38. The molecule has 0 amide bonds. The number of nitrogens with zero attached hydrogens (tertiary/aromatic N) is 1. The van der Waals surface area contributed by atoms with Gasteiger partial charge in [-0.15, -0.1) is 0 Å². The number of likely N-dealkylation sites (tertiary alicyclic amines) is 1. The molecule has 1 unspecified atom stereocenters. The van der Waals surface area contributed by atoms with Gasteiger partial charge in [-0.2, -0.15) is 0 Å². The Hall–Kier alpha value is -0.860. The minimum Gasteiger partial charge on any atom is -0.376 e. The van der Waals surface area contributed by atoms with E-state index in [1.807, 2.05) is 0 Å². The first-order valence-corrected chi connectivity index (χ1v) is 8.72. The van der Waals surface area contributed by atoms with E-state index in [-0.39, 0.29) is 0 Å². The van der Waals surface area contributed by atoms with Gasteiger partial charge in [-0.05, 0) is 43.7 Å². The molecule has 0 aromatic heterocycles. The quantitative estimate of drug-likeness (QED) is 0.814. The van der Waals surface area contributed by atoms with Gasteiger partial charge in [0.25, 0.3) is 0 Å². The van der Waals surface area contributed by atoms with E-state index in [0.29, 0.717) is 12.1 Å². The number of hydrogen-bond acceptors (Lipinski definition) is 2. The molecule has 3 atom stereocenters. The molecule has 3 rings (SSSR count). The molecule has 1 aromatic carbocycles. The first-order chi connectivity index (χ1) is 10.3. The Bertz CT molecular complexity index is 419. The maximum Gasteiger partial charge on any atom is 0.0730 e. The van der Waals surface area contributed by atoms with Gasteiger partial charge in [0.1, 0.15) is 0 Å². The lowest BCUT2D eigenvalue weighted by Crippen LogP contribution is -2.45. The fraction of sp³-hybridized carbons (Fsp3) is 0.684. The van der Waals surface area contributed by atoms with Gasteiger partial charge in [-0.25, -0.2) is 0 Å². The van der Waals surface area contributed by atoms with E-state index in [9.17, 15) is 0 Å². The molecule has 2 aliphatic rings. The highest BCUT2D eigenvalue weighted by molar-refractivity contribution is 5.14. The van der Waals surface area contributed by atoms with Crippen molar-refractivity contribution >= 4 is 0 Å². The second kappa shape index (κ2) is 7.42. The van der Waals surface area contributed by atoms with Gasteiger partial charge in [0.05, 0.1) is 12.7 Å². The molecular weight excluding hydrogens is 258 g/mol. The molecule has 0 N–H and O–H groups in total. The molecule has 0 radical (unpaired) electrons. The third kappa shape index (κ3) is 4.08. The molecule has 2 heteroatoms. The Balaban J connectivity index is 1.50. The number of ether oxygens (including phenoxy) is 1. The third-order valence-electron chi connectivity index (χ3n) is 5.16. The maximum atomic E-state index is 6.31. The average molecular weight is 287 g/mol. The summed E-state index contributed by atoms with van der Waals surface area (Å²) in [6.45, 7) is 5.82. The summed E-state index contributed by atoms with van der Waals surface area (Å²) in [7, 11) is 0. The van der Waals surface area contributed by atoms with Crippen LogP contribution in [-0.4, -0.2) is 36.7 Å². The van der Waals surface area contributed by atoms with Crippen LogP contribution >= 0.6 is 0 Å². The Morgan fingerprint density at radius 2 is 1.90 bits per heavy atom. The van der Waals surface area contributed by atoms with Crippen molar-refractivity contribution in [3.05, 3.63) is 35.9 Å². The zero-order valence-electron chi connectivity index (χ0n) is 13.3. The van der Waals surface area contributed by atoms with Crippen LogP contribution in [0.3, 0.4) is 0 Å². The van der Waals surface area contributed by atoms with Crippen LogP contribution in [0.1, 0.15) is 44.6 Å².